The molecule has 0 saturated carbocycles. The lowest BCUT2D eigenvalue weighted by Gasteiger charge is -2.03. The zero-order valence-corrected chi connectivity index (χ0v) is 12.4. The van der Waals surface area contributed by atoms with E-state index in [1.54, 1.807) is 24.3 Å². The molecule has 0 atom stereocenters. The van der Waals surface area contributed by atoms with Crippen LogP contribution in [-0.2, 0) is 0 Å². The summed E-state index contributed by atoms with van der Waals surface area (Å²) < 4.78 is 0. The topological polar surface area (TPSA) is 84.6 Å². The third kappa shape index (κ3) is 3.87. The molecule has 0 fully saturated rings. The molecule has 0 aliphatic carbocycles. The van der Waals surface area contributed by atoms with Crippen molar-refractivity contribution in [1.29, 1.82) is 0 Å². The molecule has 0 aliphatic heterocycles. The van der Waals surface area contributed by atoms with E-state index in [1.165, 1.54) is 12.3 Å². The molecule has 21 heavy (non-hydrogen) atoms. The van der Waals surface area contributed by atoms with Gasteiger partial charge in [0.1, 0.15) is 0 Å². The van der Waals surface area contributed by atoms with Gasteiger partial charge in [0.15, 0.2) is 0 Å². The van der Waals surface area contributed by atoms with Crippen molar-refractivity contribution in [3.05, 3.63) is 61.5 Å². The van der Waals surface area contributed by atoms with Crippen LogP contribution in [0.5, 0.6) is 0 Å². The Labute approximate surface area is 129 Å². The van der Waals surface area contributed by atoms with Crippen molar-refractivity contribution in [2.24, 2.45) is 5.10 Å². The maximum Gasteiger partial charge on any atom is 0.324 e. The van der Waals surface area contributed by atoms with Crippen molar-refractivity contribution in [2.45, 2.75) is 6.92 Å². The second-order valence-corrected chi connectivity index (χ2v) is 5.62. The maximum absolute atomic E-state index is 11.9. The van der Waals surface area contributed by atoms with E-state index in [0.29, 0.717) is 15.5 Å². The Morgan fingerprint density at radius 1 is 1.43 bits per heavy atom. The highest BCUT2D eigenvalue weighted by atomic mass is 35.5. The Hall–Kier alpha value is -2.25. The van der Waals surface area contributed by atoms with E-state index in [4.69, 9.17) is 11.6 Å². The minimum absolute atomic E-state index is 0.0179. The lowest BCUT2D eigenvalue weighted by Crippen LogP contribution is -2.17. The molecule has 8 heteroatoms. The fraction of sp³-hybridized carbons (Fsp3) is 0.0769. The number of hydrazone groups is 1. The number of aryl methyl sites for hydroxylation is 1. The van der Waals surface area contributed by atoms with Crippen molar-refractivity contribution < 1.29 is 9.72 Å². The highest BCUT2D eigenvalue weighted by Gasteiger charge is 2.10. The molecule has 0 aliphatic rings. The summed E-state index contributed by atoms with van der Waals surface area (Å²) in [4.78, 5) is 22.5. The molecule has 108 valence electrons. The molecule has 6 nitrogen and oxygen atoms in total. The van der Waals surface area contributed by atoms with Crippen molar-refractivity contribution in [3.8, 4) is 0 Å². The average molecular weight is 324 g/mol. The second-order valence-electron chi connectivity index (χ2n) is 4.12. The van der Waals surface area contributed by atoms with Crippen molar-refractivity contribution >= 4 is 40.1 Å². The zero-order valence-electron chi connectivity index (χ0n) is 10.9. The predicted octanol–water partition coefficient (Wildman–Crippen LogP) is 3.38. The summed E-state index contributed by atoms with van der Waals surface area (Å²) in [5.41, 5.74) is 3.60. The molecule has 0 unspecified atom stereocenters. The first kappa shape index (κ1) is 15.1. The molecule has 0 spiro atoms. The van der Waals surface area contributed by atoms with Crippen LogP contribution in [0.25, 0.3) is 0 Å². The lowest BCUT2D eigenvalue weighted by molar-refractivity contribution is -0.380. The summed E-state index contributed by atoms with van der Waals surface area (Å²) in [6.07, 6.45) is 1.34. The second kappa shape index (κ2) is 6.47. The van der Waals surface area contributed by atoms with Gasteiger partial charge in [-0.3, -0.25) is 14.9 Å². The number of halogens is 1. The number of thiophene rings is 1. The minimum Gasteiger partial charge on any atom is -0.267 e. The van der Waals surface area contributed by atoms with E-state index in [1.807, 2.05) is 6.92 Å². The van der Waals surface area contributed by atoms with Crippen LogP contribution in [0, 0.1) is 17.0 Å². The van der Waals surface area contributed by atoms with Crippen LogP contribution >= 0.6 is 22.9 Å². The van der Waals surface area contributed by atoms with Gasteiger partial charge in [-0.1, -0.05) is 29.0 Å². The number of carbonyl (C=O) groups excluding carboxylic acids is 1. The number of carbonyl (C=O) groups is 1. The van der Waals surface area contributed by atoms with Crippen LogP contribution in [0.1, 0.15) is 20.8 Å². The Balaban J connectivity index is 2.03. The molecule has 1 N–H and O–H groups in total. The van der Waals surface area contributed by atoms with E-state index >= 15 is 0 Å². The van der Waals surface area contributed by atoms with Gasteiger partial charge < -0.3 is 0 Å². The normalized spacial score (nSPS) is 10.8. The highest BCUT2D eigenvalue weighted by Crippen LogP contribution is 2.22. The number of benzene rings is 1. The van der Waals surface area contributed by atoms with Gasteiger partial charge in [-0.15, -0.1) is 0 Å². The van der Waals surface area contributed by atoms with E-state index in [0.717, 1.165) is 16.9 Å². The Morgan fingerprint density at radius 2 is 2.19 bits per heavy atom. The first-order valence-electron chi connectivity index (χ1n) is 5.81. The van der Waals surface area contributed by atoms with Crippen molar-refractivity contribution in [2.75, 3.05) is 0 Å². The highest BCUT2D eigenvalue weighted by molar-refractivity contribution is 7.16. The summed E-state index contributed by atoms with van der Waals surface area (Å²) in [6.45, 7) is 1.87. The molecular formula is C13H10ClN3O3S. The van der Waals surface area contributed by atoms with E-state index in [9.17, 15) is 14.9 Å². The van der Waals surface area contributed by atoms with Gasteiger partial charge in [0.2, 0.25) is 0 Å². The van der Waals surface area contributed by atoms with Gasteiger partial charge >= 0.3 is 5.00 Å². The van der Waals surface area contributed by atoms with E-state index in [-0.39, 0.29) is 5.00 Å². The van der Waals surface area contributed by atoms with E-state index < -0.39 is 10.8 Å². The van der Waals surface area contributed by atoms with Gasteiger partial charge in [0.25, 0.3) is 5.91 Å². The maximum atomic E-state index is 11.9. The standard InChI is InChI=1S/C13H10ClN3O3S/c1-8-2-4-10(11(14)6-8)13(18)16-15-7-9-3-5-12(21-9)17(19)20/h2-7H,1H3,(H,16,18)/b15-7-. The quantitative estimate of drug-likeness (QED) is 0.531. The number of nitrogens with zero attached hydrogens (tertiary/aromatic N) is 2. The van der Waals surface area contributed by atoms with Crippen molar-refractivity contribution in [1.82, 2.24) is 5.43 Å². The molecule has 2 aromatic rings. The molecule has 1 aromatic heterocycles. The zero-order chi connectivity index (χ0) is 15.4. The van der Waals surface area contributed by atoms with Crippen LogP contribution in [0.15, 0.2) is 35.4 Å². The number of nitrogens with one attached hydrogen (secondary N) is 1. The SMILES string of the molecule is Cc1ccc(C(=O)N/N=C\c2ccc([N+](=O)[O-])s2)c(Cl)c1. The molecule has 1 heterocycles. The molecule has 1 aromatic carbocycles. The smallest absolute Gasteiger partial charge is 0.267 e. The molecular weight excluding hydrogens is 314 g/mol. The van der Waals surface area contributed by atoms with Gasteiger partial charge in [0, 0.05) is 6.07 Å². The minimum atomic E-state index is -0.480. The van der Waals surface area contributed by atoms with Crippen LogP contribution in [-0.4, -0.2) is 17.0 Å². The summed E-state index contributed by atoms with van der Waals surface area (Å²) in [7, 11) is 0. The summed E-state index contributed by atoms with van der Waals surface area (Å²) in [5, 5.41) is 14.7. The lowest BCUT2D eigenvalue weighted by atomic mass is 10.1. The fourth-order valence-corrected chi connectivity index (χ4v) is 2.54. The monoisotopic (exact) mass is 323 g/mol. The number of nitro groups is 1. The summed E-state index contributed by atoms with van der Waals surface area (Å²) in [6, 6.07) is 8.00. The predicted molar refractivity (Wildman–Crippen MR) is 82.2 cm³/mol. The summed E-state index contributed by atoms with van der Waals surface area (Å²) in [5.74, 6) is -0.442. The largest absolute Gasteiger partial charge is 0.324 e. The average Bonchev–Trinajstić information content (AvgIpc) is 2.87. The third-order valence-electron chi connectivity index (χ3n) is 2.52. The first-order chi connectivity index (χ1) is 9.97. The molecule has 2 rings (SSSR count). The summed E-state index contributed by atoms with van der Waals surface area (Å²) >= 11 is 6.94. The van der Waals surface area contributed by atoms with Gasteiger partial charge in [-0.25, -0.2) is 5.43 Å². The van der Waals surface area contributed by atoms with Gasteiger partial charge in [0.05, 0.1) is 26.6 Å². The Morgan fingerprint density at radius 3 is 2.81 bits per heavy atom. The number of amides is 1. The molecule has 0 bridgehead atoms. The molecule has 1 amide bonds. The number of hydrogen-bond donors (Lipinski definition) is 1. The first-order valence-corrected chi connectivity index (χ1v) is 7.00. The number of rotatable bonds is 4. The van der Waals surface area contributed by atoms with Crippen LogP contribution < -0.4 is 5.43 Å². The Kier molecular flexibility index (Phi) is 4.66. The molecule has 0 radical (unpaired) electrons. The van der Waals surface area contributed by atoms with Gasteiger partial charge in [-0.05, 0) is 30.7 Å². The van der Waals surface area contributed by atoms with Crippen molar-refractivity contribution in [3.63, 3.8) is 0 Å². The Bertz CT molecular complexity index is 727. The van der Waals surface area contributed by atoms with Gasteiger partial charge in [-0.2, -0.15) is 5.10 Å². The van der Waals surface area contributed by atoms with E-state index in [2.05, 4.69) is 10.5 Å². The molecule has 0 saturated heterocycles. The number of hydrogen-bond acceptors (Lipinski definition) is 5. The fourth-order valence-electron chi connectivity index (χ4n) is 1.53. The van der Waals surface area contributed by atoms with Crippen LogP contribution in [0.3, 0.4) is 0 Å². The van der Waals surface area contributed by atoms with Crippen LogP contribution in [0.4, 0.5) is 5.00 Å². The third-order valence-corrected chi connectivity index (χ3v) is 3.80. The van der Waals surface area contributed by atoms with Crippen LogP contribution in [0.2, 0.25) is 5.02 Å².